The summed E-state index contributed by atoms with van der Waals surface area (Å²) < 4.78 is 358. The van der Waals surface area contributed by atoms with E-state index in [0.717, 1.165) is 146 Å². The summed E-state index contributed by atoms with van der Waals surface area (Å²) in [5.41, 5.74) is -9.41. The topological polar surface area (TPSA) is 317 Å². The molecule has 147 heavy (non-hydrogen) atoms. The number of rotatable bonds is 0. The van der Waals surface area contributed by atoms with Crippen molar-refractivity contribution in [1.82, 2.24) is 120 Å². The summed E-state index contributed by atoms with van der Waals surface area (Å²) in [6.07, 6.45) is 0. The first-order chi connectivity index (χ1) is 69.1. The maximum absolute atomic E-state index is 15.3. The average Bonchev–Trinajstić information content (AvgIpc) is 1.64. The van der Waals surface area contributed by atoms with Gasteiger partial charge in [-0.3, -0.25) is 0 Å². The molecule has 0 aliphatic carbocycles. The Morgan fingerprint density at radius 2 is 0.238 bits per heavy atom. The molecular formula is C96H24F24N24Ni3. The van der Waals surface area contributed by atoms with Crippen LogP contribution < -0.4 is 29.9 Å². The number of aromatic nitrogens is 24. The Kier molecular flexibility index (Phi) is 22.1. The maximum Gasteiger partial charge on any atom is 2.00 e. The summed E-state index contributed by atoms with van der Waals surface area (Å²) in [6.45, 7) is 0. The van der Waals surface area contributed by atoms with Gasteiger partial charge in [-0.25, -0.2) is 135 Å². The third-order valence-electron chi connectivity index (χ3n) is 23.6. The third-order valence-corrected chi connectivity index (χ3v) is 23.6. The van der Waals surface area contributed by atoms with Gasteiger partial charge in [-0.1, -0.05) is 0 Å². The molecule has 0 saturated carbocycles. The zero-order valence-corrected chi connectivity index (χ0v) is 73.6. The second-order valence-corrected chi connectivity index (χ2v) is 32.0. The third kappa shape index (κ3) is 14.8. The predicted molar refractivity (Wildman–Crippen MR) is 461 cm³/mol. The van der Waals surface area contributed by atoms with Crippen molar-refractivity contribution in [3.8, 4) is 137 Å². The normalized spacial score (nSPS) is 11.9. The molecule has 27 rings (SSSR count). The first-order valence-electron chi connectivity index (χ1n) is 41.2. The second-order valence-electron chi connectivity index (χ2n) is 32.0. The van der Waals surface area contributed by atoms with Crippen LogP contribution >= 0.6 is 0 Å². The van der Waals surface area contributed by atoms with Crippen LogP contribution in [0.5, 0.6) is 0 Å². The smallest absolute Gasteiger partial charge is 0.357 e. The number of hydrogen-bond donors (Lipinski definition) is 0. The van der Waals surface area contributed by atoms with Crippen molar-refractivity contribution in [2.45, 2.75) is 0 Å². The maximum atomic E-state index is 15.3. The molecule has 6 aliphatic heterocycles. The van der Waals surface area contributed by atoms with E-state index >= 15 is 52.7 Å². The van der Waals surface area contributed by atoms with Crippen LogP contribution in [0.15, 0.2) is 146 Å². The first-order valence-corrected chi connectivity index (χ1v) is 41.2. The number of nitrogens with zero attached hydrogens (tertiary/aromatic N) is 24. The molecule has 0 spiro atoms. The Hall–Kier alpha value is -17.5. The molecular weight excluding hydrogens is 2120 g/mol. The molecule has 24 bridgehead atoms. The van der Waals surface area contributed by atoms with E-state index in [0.29, 0.717) is 0 Å². The molecule has 12 aromatic carbocycles. The molecule has 24 nitrogen and oxygen atoms in total. The molecule has 15 heterocycles. The van der Waals surface area contributed by atoms with Gasteiger partial charge in [0.15, 0.2) is 69.8 Å². The summed E-state index contributed by atoms with van der Waals surface area (Å²) in [5, 5.41) is -3.11. The summed E-state index contributed by atoms with van der Waals surface area (Å²) in [6, 6.07) is 18.6. The van der Waals surface area contributed by atoms with Crippen LogP contribution in [0.2, 0.25) is 0 Å². The van der Waals surface area contributed by atoms with E-state index in [4.69, 9.17) is 0 Å². The number of benzene rings is 12. The van der Waals surface area contributed by atoms with E-state index in [9.17, 15) is 52.7 Å². The van der Waals surface area contributed by atoms with Crippen LogP contribution in [0.4, 0.5) is 105 Å². The van der Waals surface area contributed by atoms with Gasteiger partial charge in [0.25, 0.3) is 0 Å². The quantitative estimate of drug-likeness (QED) is 0.101. The van der Waals surface area contributed by atoms with Crippen LogP contribution in [-0.4, -0.2) is 89.7 Å². The molecule has 726 valence electrons. The van der Waals surface area contributed by atoms with Gasteiger partial charge in [-0.15, -0.1) is 0 Å². The van der Waals surface area contributed by atoms with Crippen molar-refractivity contribution in [1.29, 1.82) is 0 Å². The van der Waals surface area contributed by atoms with E-state index in [2.05, 4.69) is 120 Å². The Morgan fingerprint density at radius 1 is 0.122 bits per heavy atom. The standard InChI is InChI=1S/3C32H8F8N8.3Ni/c33-17-1-9-10(2-18(17)34)26-41-25(9)45-27-11-3-19(35)20(36)4-12(11)29(42-27)47-31-15-7-23(39)24(40)8-16(15)32(44-31)48-30-14-6-22(38)21(37)5-13(14)28(43-30)46-26;33-13-1-2-14(34)22-21(13)29-43-25-9-5-17(37)18(38)6-10(9)27(41-25)45-31-23-15(35)3-4-16(36)24(23)32(48-31)46-28-12-8-20(40)19(39)7-11(12)26(42-28)44-30(22)47-29;33-9-1-2-10(34)18-17(9)25-41-26(18)46-28-21-13(37)5-6-14(38)22(21)30(43-28)48-32-24-16(40)8-7-15(39)23(24)31(44-32)47-29-20-12(36)4-3-11(35)19(20)27(42-29)45-25;;;/h3*1-8H;;;/q3*-2;3*+2. The van der Waals surface area contributed by atoms with Gasteiger partial charge in [-0.2, -0.15) is 0 Å². The fourth-order valence-corrected chi connectivity index (χ4v) is 17.2. The van der Waals surface area contributed by atoms with Crippen molar-refractivity contribution in [3.63, 3.8) is 0 Å². The van der Waals surface area contributed by atoms with Gasteiger partial charge in [-0.05, 0) is 189 Å². The molecule has 21 aromatic rings. The van der Waals surface area contributed by atoms with Gasteiger partial charge in [0.05, 0.1) is 114 Å². The Morgan fingerprint density at radius 3 is 0.395 bits per heavy atom. The van der Waals surface area contributed by atoms with Crippen molar-refractivity contribution < 1.29 is 155 Å². The molecule has 9 aromatic heterocycles. The average molecular weight is 2150 g/mol. The van der Waals surface area contributed by atoms with Gasteiger partial charge >= 0.3 is 49.5 Å². The van der Waals surface area contributed by atoms with Gasteiger partial charge in [0, 0.05) is 112 Å². The monoisotopic (exact) mass is 2140 g/mol. The van der Waals surface area contributed by atoms with Crippen LogP contribution in [0.1, 0.15) is 0 Å². The Labute approximate surface area is 824 Å². The fourth-order valence-electron chi connectivity index (χ4n) is 17.2. The minimum Gasteiger partial charge on any atom is -0.357 e. The molecule has 0 atom stereocenters. The van der Waals surface area contributed by atoms with Crippen LogP contribution in [-0.2, 0) is 49.5 Å². The number of halogens is 24. The predicted octanol–water partition coefficient (Wildman–Crippen LogP) is 21.7. The Balaban J connectivity index is 0.000000124. The molecule has 0 N–H and O–H groups in total. The van der Waals surface area contributed by atoms with Crippen LogP contribution in [0.25, 0.3) is 269 Å². The van der Waals surface area contributed by atoms with E-state index < -0.39 is 275 Å². The molecule has 0 fully saturated rings. The number of hydrogen-bond acceptors (Lipinski definition) is 18. The molecule has 0 unspecified atom stereocenters. The minimum atomic E-state index is -1.31. The zero-order chi connectivity index (χ0) is 99.5. The van der Waals surface area contributed by atoms with Crippen LogP contribution in [0.3, 0.4) is 0 Å². The summed E-state index contributed by atoms with van der Waals surface area (Å²) in [4.78, 5) is 101. The van der Waals surface area contributed by atoms with Crippen LogP contribution in [0, 0.1) is 140 Å². The molecule has 0 radical (unpaired) electrons. The summed E-state index contributed by atoms with van der Waals surface area (Å²) >= 11 is 0. The van der Waals surface area contributed by atoms with Gasteiger partial charge in [0.1, 0.15) is 69.8 Å². The molecule has 6 aliphatic rings. The first kappa shape index (κ1) is 94.4. The van der Waals surface area contributed by atoms with Crippen molar-refractivity contribution in [3.05, 3.63) is 285 Å². The van der Waals surface area contributed by atoms with E-state index in [1.54, 1.807) is 0 Å². The largest absolute Gasteiger partial charge is 2.00 e. The van der Waals surface area contributed by atoms with E-state index in [1.165, 1.54) is 0 Å². The van der Waals surface area contributed by atoms with E-state index in [-0.39, 0.29) is 183 Å². The van der Waals surface area contributed by atoms with Gasteiger partial charge < -0.3 is 89.7 Å². The van der Waals surface area contributed by atoms with Crippen molar-refractivity contribution >= 4 is 132 Å². The minimum absolute atomic E-state index is 0. The molecule has 0 saturated heterocycles. The van der Waals surface area contributed by atoms with E-state index in [1.807, 2.05) is 0 Å². The number of fused-ring (bicyclic) bond motifs is 60. The van der Waals surface area contributed by atoms with Gasteiger partial charge in [0.2, 0.25) is 0 Å². The molecule has 51 heteroatoms. The van der Waals surface area contributed by atoms with Crippen molar-refractivity contribution in [2.24, 2.45) is 0 Å². The van der Waals surface area contributed by atoms with Crippen molar-refractivity contribution in [2.75, 3.05) is 0 Å². The fraction of sp³-hybridized carbons (Fsp3) is 0. The summed E-state index contributed by atoms with van der Waals surface area (Å²) in [7, 11) is 0. The second kappa shape index (κ2) is 34.4. The zero-order valence-electron chi connectivity index (χ0n) is 70.6. The molecule has 0 amide bonds. The SMILES string of the molecule is Fc1cc2c(cc1F)-c1nc-2nc2[n-]c(nc3nc(nc4[n-]c(n1)c1cc(F)c(F)cc41)-c1cc(F)c(F)cc1-3)c1cc(F)c(F)cc21.Fc1cc2c3nc4nc(nc5[n-]c(nc6nc(nc([n-]3)c2cc1F)-c1c(F)ccc(F)c1-6)c1cc(F)c(F)cc51)-c1c(F)ccc(F)c1-4.Fc1ccc(F)c2c1-c1nc-2nc2[n-]c(nc3nc(nc4[n-]c(n1)c1c(F)ccc(F)c41)-c1c(F)ccc(F)c1-3)c1c(F)ccc(F)c21.[Ni+2].[Ni+2].[Ni+2]. The Bertz CT molecular complexity index is 9110. The summed E-state index contributed by atoms with van der Waals surface area (Å²) in [5.74, 6) is -33.2.